The fourth-order valence-electron chi connectivity index (χ4n) is 1.48. The summed E-state index contributed by atoms with van der Waals surface area (Å²) in [4.78, 5) is 44.3. The molecule has 0 aromatic carbocycles. The van der Waals surface area contributed by atoms with E-state index in [9.17, 15) is 14.4 Å². The van der Waals surface area contributed by atoms with Crippen molar-refractivity contribution in [2.24, 2.45) is 0 Å². The molecule has 0 aromatic rings. The van der Waals surface area contributed by atoms with Gasteiger partial charge in [0.2, 0.25) is 17.7 Å². The molecule has 0 radical (unpaired) electrons. The smallest absolute Gasteiger partial charge is 0.236 e. The van der Waals surface area contributed by atoms with Crippen LogP contribution in [0.15, 0.2) is 0 Å². The van der Waals surface area contributed by atoms with E-state index in [0.717, 1.165) is 4.90 Å². The summed E-state index contributed by atoms with van der Waals surface area (Å²) in [6.07, 6.45) is 0.733. The lowest BCUT2D eigenvalue weighted by molar-refractivity contribution is -0.298. The van der Waals surface area contributed by atoms with Gasteiger partial charge in [-0.1, -0.05) is 0 Å². The standard InChI is InChI=1S/C11H17NO6/c1-16-7-8-18-17-6-2-3-9(13)12-10(14)4-5-11(12)15/h2-8H2,1H3. The summed E-state index contributed by atoms with van der Waals surface area (Å²) < 4.78 is 4.74. The van der Waals surface area contributed by atoms with E-state index in [-0.39, 0.29) is 25.9 Å². The Morgan fingerprint density at radius 3 is 2.33 bits per heavy atom. The van der Waals surface area contributed by atoms with Crippen LogP contribution in [0.5, 0.6) is 0 Å². The number of carbonyl (C=O) groups excluding carboxylic acids is 3. The molecule has 1 aliphatic heterocycles. The van der Waals surface area contributed by atoms with Crippen LogP contribution in [-0.2, 0) is 28.9 Å². The summed E-state index contributed by atoms with van der Waals surface area (Å²) in [5, 5.41) is 0. The van der Waals surface area contributed by atoms with E-state index in [1.807, 2.05) is 0 Å². The molecule has 102 valence electrons. The maximum absolute atomic E-state index is 11.6. The minimum atomic E-state index is -0.469. The van der Waals surface area contributed by atoms with Crippen LogP contribution in [0, 0.1) is 0 Å². The van der Waals surface area contributed by atoms with Crippen LogP contribution >= 0.6 is 0 Å². The number of ether oxygens (including phenoxy) is 1. The van der Waals surface area contributed by atoms with E-state index in [4.69, 9.17) is 14.5 Å². The van der Waals surface area contributed by atoms with Gasteiger partial charge in [-0.3, -0.25) is 14.4 Å². The van der Waals surface area contributed by atoms with Gasteiger partial charge in [0.05, 0.1) is 13.2 Å². The van der Waals surface area contributed by atoms with E-state index in [0.29, 0.717) is 19.6 Å². The summed E-state index contributed by atoms with van der Waals surface area (Å²) in [6, 6.07) is 0. The van der Waals surface area contributed by atoms with E-state index in [1.54, 1.807) is 7.11 Å². The second-order valence-electron chi connectivity index (χ2n) is 3.76. The van der Waals surface area contributed by atoms with Crippen molar-refractivity contribution in [1.82, 2.24) is 4.90 Å². The first-order chi connectivity index (χ1) is 8.66. The van der Waals surface area contributed by atoms with Crippen molar-refractivity contribution in [3.8, 4) is 0 Å². The minimum Gasteiger partial charge on any atom is -0.382 e. The van der Waals surface area contributed by atoms with Gasteiger partial charge in [-0.05, 0) is 6.42 Å². The molecule has 3 amide bonds. The molecule has 1 saturated heterocycles. The first-order valence-corrected chi connectivity index (χ1v) is 5.78. The number of amides is 3. The molecule has 18 heavy (non-hydrogen) atoms. The lowest BCUT2D eigenvalue weighted by atomic mass is 10.3. The Morgan fingerprint density at radius 2 is 1.72 bits per heavy atom. The number of carbonyl (C=O) groups is 3. The van der Waals surface area contributed by atoms with Crippen LogP contribution in [0.4, 0.5) is 0 Å². The van der Waals surface area contributed by atoms with Crippen molar-refractivity contribution >= 4 is 17.7 Å². The molecule has 1 aliphatic rings. The highest BCUT2D eigenvalue weighted by Gasteiger charge is 2.33. The van der Waals surface area contributed by atoms with Gasteiger partial charge in [0.1, 0.15) is 6.61 Å². The normalized spacial score (nSPS) is 15.5. The predicted octanol–water partition coefficient (Wildman–Crippen LogP) is 0.0368. The molecule has 0 aliphatic carbocycles. The Kier molecular flexibility index (Phi) is 6.48. The maximum Gasteiger partial charge on any atom is 0.236 e. The van der Waals surface area contributed by atoms with Crippen LogP contribution in [0.3, 0.4) is 0 Å². The van der Waals surface area contributed by atoms with Crippen LogP contribution in [-0.4, -0.2) is 49.6 Å². The highest BCUT2D eigenvalue weighted by Crippen LogP contribution is 2.13. The molecule has 1 heterocycles. The van der Waals surface area contributed by atoms with Gasteiger partial charge in [-0.2, -0.15) is 0 Å². The molecule has 7 nitrogen and oxygen atoms in total. The minimum absolute atomic E-state index is 0.0884. The van der Waals surface area contributed by atoms with E-state index >= 15 is 0 Å². The Balaban J connectivity index is 2.10. The van der Waals surface area contributed by atoms with Gasteiger partial charge in [-0.25, -0.2) is 14.7 Å². The monoisotopic (exact) mass is 259 g/mol. The van der Waals surface area contributed by atoms with Crippen molar-refractivity contribution in [3.05, 3.63) is 0 Å². The van der Waals surface area contributed by atoms with Gasteiger partial charge < -0.3 is 4.74 Å². The number of hydrogen-bond acceptors (Lipinski definition) is 6. The third kappa shape index (κ3) is 4.52. The SMILES string of the molecule is COCCOOCCCC(=O)N1C(=O)CCC1=O. The van der Waals surface area contributed by atoms with Crippen molar-refractivity contribution in [3.63, 3.8) is 0 Å². The molecular weight excluding hydrogens is 242 g/mol. The Labute approximate surface area is 105 Å². The number of imide groups is 3. The number of hydrogen-bond donors (Lipinski definition) is 0. The fourth-order valence-corrected chi connectivity index (χ4v) is 1.48. The predicted molar refractivity (Wildman–Crippen MR) is 59.1 cm³/mol. The third-order valence-electron chi connectivity index (χ3n) is 2.37. The molecule has 0 atom stereocenters. The van der Waals surface area contributed by atoms with Crippen molar-refractivity contribution < 1.29 is 28.9 Å². The quantitative estimate of drug-likeness (QED) is 0.265. The summed E-state index contributed by atoms with van der Waals surface area (Å²) in [6.45, 7) is 0.967. The Bertz CT molecular complexity index is 301. The highest BCUT2D eigenvalue weighted by molar-refractivity contribution is 6.14. The summed E-state index contributed by atoms with van der Waals surface area (Å²) in [5.74, 6) is -1.30. The maximum atomic E-state index is 11.6. The van der Waals surface area contributed by atoms with E-state index in [1.165, 1.54) is 0 Å². The topological polar surface area (TPSA) is 82.1 Å². The van der Waals surface area contributed by atoms with Crippen LogP contribution in [0.1, 0.15) is 25.7 Å². The number of likely N-dealkylation sites (tertiary alicyclic amines) is 1. The zero-order chi connectivity index (χ0) is 13.4. The van der Waals surface area contributed by atoms with Gasteiger partial charge in [0.15, 0.2) is 0 Å². The van der Waals surface area contributed by atoms with E-state index in [2.05, 4.69) is 0 Å². The first-order valence-electron chi connectivity index (χ1n) is 5.78. The first kappa shape index (κ1) is 14.7. The van der Waals surface area contributed by atoms with Crippen molar-refractivity contribution in [1.29, 1.82) is 0 Å². The van der Waals surface area contributed by atoms with Gasteiger partial charge in [-0.15, -0.1) is 0 Å². The number of rotatable bonds is 8. The Hall–Kier alpha value is -1.31. The third-order valence-corrected chi connectivity index (χ3v) is 2.37. The molecule has 7 heteroatoms. The van der Waals surface area contributed by atoms with Gasteiger partial charge in [0.25, 0.3) is 0 Å². The Morgan fingerprint density at radius 1 is 1.11 bits per heavy atom. The highest BCUT2D eigenvalue weighted by atomic mass is 17.2. The average Bonchev–Trinajstić information content (AvgIpc) is 2.68. The lowest BCUT2D eigenvalue weighted by Crippen LogP contribution is -2.35. The van der Waals surface area contributed by atoms with Gasteiger partial charge in [0, 0.05) is 26.4 Å². The summed E-state index contributed by atoms with van der Waals surface area (Å²) in [7, 11) is 1.55. The lowest BCUT2D eigenvalue weighted by Gasteiger charge is -2.11. The molecular formula is C11H17NO6. The molecule has 0 bridgehead atoms. The second kappa shape index (κ2) is 7.91. The molecule has 0 N–H and O–H groups in total. The van der Waals surface area contributed by atoms with Gasteiger partial charge >= 0.3 is 0 Å². The van der Waals surface area contributed by atoms with Crippen LogP contribution in [0.2, 0.25) is 0 Å². The largest absolute Gasteiger partial charge is 0.382 e. The van der Waals surface area contributed by atoms with E-state index < -0.39 is 17.7 Å². The van der Waals surface area contributed by atoms with Crippen molar-refractivity contribution in [2.45, 2.75) is 25.7 Å². The molecule has 0 unspecified atom stereocenters. The zero-order valence-electron chi connectivity index (χ0n) is 10.3. The number of methoxy groups -OCH3 is 1. The summed E-state index contributed by atoms with van der Waals surface area (Å²) >= 11 is 0. The summed E-state index contributed by atoms with van der Waals surface area (Å²) in [5.41, 5.74) is 0. The molecule has 0 saturated carbocycles. The van der Waals surface area contributed by atoms with Crippen molar-refractivity contribution in [2.75, 3.05) is 26.9 Å². The van der Waals surface area contributed by atoms with Crippen LogP contribution < -0.4 is 0 Å². The second-order valence-corrected chi connectivity index (χ2v) is 3.76. The zero-order valence-corrected chi connectivity index (χ0v) is 10.3. The molecule has 0 aromatic heterocycles. The molecule has 1 fully saturated rings. The molecule has 1 rings (SSSR count). The fraction of sp³-hybridized carbons (Fsp3) is 0.727. The number of nitrogens with zero attached hydrogens (tertiary/aromatic N) is 1. The van der Waals surface area contributed by atoms with Crippen LogP contribution in [0.25, 0.3) is 0 Å². The average molecular weight is 259 g/mol. The molecule has 0 spiro atoms.